The fraction of sp³-hybridized carbons (Fsp3) is 0.364. The van der Waals surface area contributed by atoms with Crippen LogP contribution in [0.5, 0.6) is 0 Å². The number of hydroxylamine groups is 1. The summed E-state index contributed by atoms with van der Waals surface area (Å²) in [4.78, 5) is 16.0. The third-order valence-corrected chi connectivity index (χ3v) is 5.31. The molecule has 0 bridgehead atoms. The van der Waals surface area contributed by atoms with E-state index in [2.05, 4.69) is 15.9 Å². The number of sulfonamides is 1. The third kappa shape index (κ3) is 2.66. The second kappa shape index (κ2) is 5.20. The van der Waals surface area contributed by atoms with Crippen LogP contribution in [0.1, 0.15) is 22.3 Å². The summed E-state index contributed by atoms with van der Waals surface area (Å²) in [7, 11) is -3.82. The van der Waals surface area contributed by atoms with Crippen LogP contribution in [-0.2, 0) is 14.9 Å². The van der Waals surface area contributed by atoms with Crippen LogP contribution in [0.4, 0.5) is 0 Å². The maximum atomic E-state index is 12.3. The molecule has 19 heavy (non-hydrogen) atoms. The van der Waals surface area contributed by atoms with Crippen molar-refractivity contribution in [1.29, 1.82) is 0 Å². The molecule has 6 nitrogen and oxygen atoms in total. The Kier molecular flexibility index (Phi) is 3.95. The Morgan fingerprint density at radius 1 is 1.47 bits per heavy atom. The van der Waals surface area contributed by atoms with Gasteiger partial charge in [0.25, 0.3) is 10.0 Å². The largest absolute Gasteiger partial charge is 0.478 e. The van der Waals surface area contributed by atoms with Gasteiger partial charge in [-0.3, -0.25) is 4.84 Å². The lowest BCUT2D eigenvalue weighted by Crippen LogP contribution is -2.27. The van der Waals surface area contributed by atoms with Gasteiger partial charge in [-0.2, -0.15) is 0 Å². The number of carboxylic acid groups (broad SMARTS) is 1. The lowest BCUT2D eigenvalue weighted by Gasteiger charge is -2.15. The maximum absolute atomic E-state index is 12.3. The topological polar surface area (TPSA) is 83.9 Å². The molecule has 0 aromatic heterocycles. The highest BCUT2D eigenvalue weighted by Crippen LogP contribution is 2.28. The molecule has 0 radical (unpaired) electrons. The molecule has 0 unspecified atom stereocenters. The van der Waals surface area contributed by atoms with E-state index < -0.39 is 16.0 Å². The van der Waals surface area contributed by atoms with Crippen LogP contribution in [0.25, 0.3) is 0 Å². The first-order valence-electron chi connectivity index (χ1n) is 5.53. The average molecular weight is 350 g/mol. The number of carboxylic acids is 1. The summed E-state index contributed by atoms with van der Waals surface area (Å²) < 4.78 is 25.9. The number of hydrogen-bond donors (Lipinski definition) is 1. The first-order valence-corrected chi connectivity index (χ1v) is 7.76. The van der Waals surface area contributed by atoms with E-state index in [1.807, 2.05) is 0 Å². The normalized spacial score (nSPS) is 16.7. The highest BCUT2D eigenvalue weighted by molar-refractivity contribution is 9.10. The van der Waals surface area contributed by atoms with E-state index in [1.165, 1.54) is 6.07 Å². The minimum atomic E-state index is -3.82. The van der Waals surface area contributed by atoms with Crippen molar-refractivity contribution in [3.8, 4) is 0 Å². The second-order valence-electron chi connectivity index (χ2n) is 4.10. The highest BCUT2D eigenvalue weighted by atomic mass is 79.9. The highest BCUT2D eigenvalue weighted by Gasteiger charge is 2.30. The summed E-state index contributed by atoms with van der Waals surface area (Å²) in [6.07, 6.45) is 0.623. The van der Waals surface area contributed by atoms with Crippen molar-refractivity contribution in [2.75, 3.05) is 13.2 Å². The SMILES string of the molecule is Cc1c(Br)cc(S(=O)(=O)N2CCCO2)cc1C(=O)O. The summed E-state index contributed by atoms with van der Waals surface area (Å²) in [6, 6.07) is 2.54. The number of carbonyl (C=O) groups is 1. The molecule has 0 atom stereocenters. The predicted molar refractivity (Wildman–Crippen MR) is 70.3 cm³/mol. The number of aromatic carboxylic acids is 1. The van der Waals surface area contributed by atoms with Gasteiger partial charge in [-0.15, -0.1) is 0 Å². The number of benzene rings is 1. The molecule has 1 N–H and O–H groups in total. The lowest BCUT2D eigenvalue weighted by atomic mass is 10.1. The van der Waals surface area contributed by atoms with Crippen LogP contribution in [0.2, 0.25) is 0 Å². The van der Waals surface area contributed by atoms with Crippen LogP contribution >= 0.6 is 15.9 Å². The van der Waals surface area contributed by atoms with E-state index in [0.29, 0.717) is 23.1 Å². The zero-order valence-corrected chi connectivity index (χ0v) is 12.5. The van der Waals surface area contributed by atoms with E-state index in [0.717, 1.165) is 10.5 Å². The van der Waals surface area contributed by atoms with Crippen LogP contribution in [0, 0.1) is 6.92 Å². The van der Waals surface area contributed by atoms with Gasteiger partial charge in [0.1, 0.15) is 0 Å². The monoisotopic (exact) mass is 349 g/mol. The predicted octanol–water partition coefficient (Wildman–Crippen LogP) is 1.78. The molecule has 2 rings (SSSR count). The molecule has 1 aliphatic heterocycles. The van der Waals surface area contributed by atoms with Crippen molar-refractivity contribution in [1.82, 2.24) is 4.47 Å². The van der Waals surface area contributed by atoms with Crippen molar-refractivity contribution < 1.29 is 23.2 Å². The summed E-state index contributed by atoms with van der Waals surface area (Å²) in [5, 5.41) is 9.09. The summed E-state index contributed by atoms with van der Waals surface area (Å²) >= 11 is 3.18. The molecular weight excluding hydrogens is 338 g/mol. The minimum Gasteiger partial charge on any atom is -0.478 e. The quantitative estimate of drug-likeness (QED) is 0.898. The Morgan fingerprint density at radius 2 is 2.16 bits per heavy atom. The van der Waals surface area contributed by atoms with Crippen molar-refractivity contribution in [3.63, 3.8) is 0 Å². The van der Waals surface area contributed by atoms with Gasteiger partial charge in [0.2, 0.25) is 0 Å². The van der Waals surface area contributed by atoms with Gasteiger partial charge in [-0.05, 0) is 31.0 Å². The molecule has 0 saturated carbocycles. The summed E-state index contributed by atoms with van der Waals surface area (Å²) in [5.74, 6) is -1.17. The molecule has 1 saturated heterocycles. The molecule has 1 aliphatic rings. The van der Waals surface area contributed by atoms with Crippen LogP contribution < -0.4 is 0 Å². The van der Waals surface area contributed by atoms with Gasteiger partial charge < -0.3 is 5.11 Å². The number of nitrogens with zero attached hydrogens (tertiary/aromatic N) is 1. The molecule has 1 fully saturated rings. The van der Waals surface area contributed by atoms with Crippen molar-refractivity contribution in [2.24, 2.45) is 0 Å². The Labute approximate surface area is 119 Å². The zero-order chi connectivity index (χ0) is 14.2. The molecule has 1 aromatic rings. The first kappa shape index (κ1) is 14.4. The average Bonchev–Trinajstić information content (AvgIpc) is 2.86. The van der Waals surface area contributed by atoms with Gasteiger partial charge in [-0.1, -0.05) is 20.4 Å². The smallest absolute Gasteiger partial charge is 0.336 e. The summed E-state index contributed by atoms with van der Waals surface area (Å²) in [5.41, 5.74) is 0.431. The van der Waals surface area contributed by atoms with E-state index in [-0.39, 0.29) is 17.0 Å². The maximum Gasteiger partial charge on any atom is 0.336 e. The lowest BCUT2D eigenvalue weighted by molar-refractivity contribution is -0.0284. The van der Waals surface area contributed by atoms with Crippen LogP contribution in [-0.4, -0.2) is 37.1 Å². The van der Waals surface area contributed by atoms with E-state index >= 15 is 0 Å². The van der Waals surface area contributed by atoms with Crippen molar-refractivity contribution >= 4 is 31.9 Å². The van der Waals surface area contributed by atoms with Crippen LogP contribution in [0.15, 0.2) is 21.5 Å². The third-order valence-electron chi connectivity index (χ3n) is 2.83. The fourth-order valence-corrected chi connectivity index (χ4v) is 3.72. The Morgan fingerprint density at radius 3 is 2.68 bits per heavy atom. The van der Waals surface area contributed by atoms with Gasteiger partial charge >= 0.3 is 5.97 Å². The molecular formula is C11H12BrNO5S. The summed E-state index contributed by atoms with van der Waals surface area (Å²) in [6.45, 7) is 2.23. The Balaban J connectivity index is 2.54. The Bertz CT molecular complexity index is 622. The molecule has 1 heterocycles. The van der Waals surface area contributed by atoms with Crippen molar-refractivity contribution in [3.05, 3.63) is 27.7 Å². The second-order valence-corrected chi connectivity index (χ2v) is 6.78. The van der Waals surface area contributed by atoms with Gasteiger partial charge in [0.15, 0.2) is 0 Å². The zero-order valence-electron chi connectivity index (χ0n) is 10.1. The fourth-order valence-electron chi connectivity index (χ4n) is 1.76. The molecule has 0 amide bonds. The first-order chi connectivity index (χ1) is 8.84. The van der Waals surface area contributed by atoms with E-state index in [1.54, 1.807) is 6.92 Å². The van der Waals surface area contributed by atoms with Gasteiger partial charge in [0.05, 0.1) is 17.1 Å². The molecule has 1 aromatic carbocycles. The van der Waals surface area contributed by atoms with Crippen LogP contribution in [0.3, 0.4) is 0 Å². The molecule has 0 spiro atoms. The Hall–Kier alpha value is -0.960. The van der Waals surface area contributed by atoms with Gasteiger partial charge in [-0.25, -0.2) is 13.2 Å². The minimum absolute atomic E-state index is 0.0489. The number of rotatable bonds is 3. The standard InChI is InChI=1S/C11H12BrNO5S/c1-7-9(11(14)15)5-8(6-10(7)12)19(16,17)13-3-2-4-18-13/h5-6H,2-4H2,1H3,(H,14,15). The van der Waals surface area contributed by atoms with E-state index in [4.69, 9.17) is 9.94 Å². The number of hydrogen-bond acceptors (Lipinski definition) is 4. The molecule has 8 heteroatoms. The molecule has 0 aliphatic carbocycles. The van der Waals surface area contributed by atoms with Crippen molar-refractivity contribution in [2.45, 2.75) is 18.2 Å². The molecule has 104 valence electrons. The van der Waals surface area contributed by atoms with Gasteiger partial charge in [0, 0.05) is 11.0 Å². The number of halogens is 1. The van der Waals surface area contributed by atoms with E-state index in [9.17, 15) is 13.2 Å².